The van der Waals surface area contributed by atoms with E-state index in [0.29, 0.717) is 4.90 Å². The molecular formula is C21H17O3PS. The largest absolute Gasteiger partial charge is 0.457 e. The third-order valence-corrected chi connectivity index (χ3v) is 9.89. The fourth-order valence-electron chi connectivity index (χ4n) is 4.00. The molecule has 1 spiro atoms. The van der Waals surface area contributed by atoms with Gasteiger partial charge in [-0.1, -0.05) is 54.1 Å². The van der Waals surface area contributed by atoms with Gasteiger partial charge in [0.25, 0.3) is 0 Å². The van der Waals surface area contributed by atoms with Crippen molar-refractivity contribution in [3.8, 4) is 5.75 Å². The lowest BCUT2D eigenvalue weighted by molar-refractivity contribution is 0.399. The van der Waals surface area contributed by atoms with Gasteiger partial charge in [0.1, 0.15) is 11.5 Å². The maximum Gasteiger partial charge on any atom is 0.193 e. The van der Waals surface area contributed by atoms with Crippen molar-refractivity contribution in [1.29, 1.82) is 0 Å². The van der Waals surface area contributed by atoms with E-state index >= 15 is 0 Å². The van der Waals surface area contributed by atoms with Crippen molar-refractivity contribution in [2.45, 2.75) is 23.4 Å². The predicted molar refractivity (Wildman–Crippen MR) is 104 cm³/mol. The number of para-hydroxylation sites is 1. The number of benzene rings is 2. The first-order valence-electron chi connectivity index (χ1n) is 8.52. The molecule has 0 saturated heterocycles. The number of ether oxygens (including phenoxy) is 1. The summed E-state index contributed by atoms with van der Waals surface area (Å²) < 4.78 is 32.3. The fraction of sp³-hybridized carbons (Fsp3) is 0.143. The molecule has 2 aromatic rings. The zero-order valence-electron chi connectivity index (χ0n) is 14.2. The van der Waals surface area contributed by atoms with E-state index in [0.717, 1.165) is 34.6 Å². The Labute approximate surface area is 154 Å². The number of rotatable bonds is 0. The topological polar surface area (TPSA) is 43.4 Å². The molecule has 2 unspecified atom stereocenters. The van der Waals surface area contributed by atoms with E-state index in [1.165, 1.54) is 5.57 Å². The summed E-state index contributed by atoms with van der Waals surface area (Å²) >= 11 is 0. The van der Waals surface area contributed by atoms with Crippen molar-refractivity contribution in [2.75, 3.05) is 0 Å². The maximum absolute atomic E-state index is 13.1. The van der Waals surface area contributed by atoms with Crippen molar-refractivity contribution in [1.82, 2.24) is 0 Å². The zero-order chi connectivity index (χ0) is 17.9. The van der Waals surface area contributed by atoms with Gasteiger partial charge in [-0.05, 0) is 37.1 Å². The van der Waals surface area contributed by atoms with Crippen LogP contribution in [-0.2, 0) is 14.6 Å². The van der Waals surface area contributed by atoms with Gasteiger partial charge in [-0.25, -0.2) is 8.42 Å². The summed E-state index contributed by atoms with van der Waals surface area (Å²) in [6.45, 7) is 2.08. The molecule has 5 rings (SSSR count). The average Bonchev–Trinajstić information content (AvgIpc) is 2.75. The quantitative estimate of drug-likeness (QED) is 0.613. The fourth-order valence-corrected chi connectivity index (χ4v) is 9.39. The molecule has 3 nitrogen and oxygen atoms in total. The van der Waals surface area contributed by atoms with Crippen molar-refractivity contribution in [3.05, 3.63) is 94.8 Å². The Morgan fingerprint density at radius 3 is 2.58 bits per heavy atom. The number of fused-ring (bicyclic) bond motifs is 6. The Kier molecular flexibility index (Phi) is 3.34. The second-order valence-electron chi connectivity index (χ2n) is 6.82. The van der Waals surface area contributed by atoms with Gasteiger partial charge in [-0.15, -0.1) is 0 Å². The normalized spacial score (nSPS) is 26.0. The highest BCUT2D eigenvalue weighted by Crippen LogP contribution is 2.68. The highest BCUT2D eigenvalue weighted by Gasteiger charge is 2.55. The van der Waals surface area contributed by atoms with Gasteiger partial charge in [0, 0.05) is 18.9 Å². The Bertz CT molecular complexity index is 1140. The lowest BCUT2D eigenvalue weighted by Gasteiger charge is -2.38. The zero-order valence-corrected chi connectivity index (χ0v) is 16.0. The summed E-state index contributed by atoms with van der Waals surface area (Å²) in [7, 11) is -3.64. The van der Waals surface area contributed by atoms with E-state index in [9.17, 15) is 8.42 Å². The summed E-state index contributed by atoms with van der Waals surface area (Å²) in [6, 6.07) is 15.2. The molecule has 0 saturated carbocycles. The van der Waals surface area contributed by atoms with Gasteiger partial charge >= 0.3 is 0 Å². The van der Waals surface area contributed by atoms with Crippen LogP contribution in [-0.4, -0.2) is 8.42 Å². The summed E-state index contributed by atoms with van der Waals surface area (Å²) in [5, 5.41) is -0.697. The third kappa shape index (κ3) is 2.06. The van der Waals surface area contributed by atoms with Crippen molar-refractivity contribution in [2.24, 2.45) is 0 Å². The maximum atomic E-state index is 13.1. The van der Waals surface area contributed by atoms with E-state index in [-0.39, 0.29) is 7.78 Å². The monoisotopic (exact) mass is 380 g/mol. The summed E-state index contributed by atoms with van der Waals surface area (Å²) in [5.74, 6) is 1.52. The van der Waals surface area contributed by atoms with Crippen LogP contribution in [0.2, 0.25) is 0 Å². The second-order valence-corrected chi connectivity index (χ2v) is 11.4. The van der Waals surface area contributed by atoms with Gasteiger partial charge in [0.15, 0.2) is 9.46 Å². The van der Waals surface area contributed by atoms with Crippen LogP contribution in [0.3, 0.4) is 0 Å². The molecule has 130 valence electrons. The standard InChI is InChI=1S/C21H17O3PS/c1-14-10-12-16-19(13-11-14)24-18-8-4-2-6-15(18)21(16)17-7-3-5-9-20(17)26(22,23)25-21/h2-10,12-13,25H,11H2,1H3. The lowest BCUT2D eigenvalue weighted by Crippen LogP contribution is -2.30. The molecule has 1 aliphatic carbocycles. The minimum Gasteiger partial charge on any atom is -0.457 e. The van der Waals surface area contributed by atoms with Crippen LogP contribution < -0.4 is 4.74 Å². The van der Waals surface area contributed by atoms with Crippen molar-refractivity contribution >= 4 is 17.2 Å². The molecule has 2 atom stereocenters. The molecule has 2 aromatic carbocycles. The molecule has 0 fully saturated rings. The van der Waals surface area contributed by atoms with Crippen molar-refractivity contribution in [3.63, 3.8) is 0 Å². The molecule has 5 heteroatoms. The minimum absolute atomic E-state index is 0.288. The van der Waals surface area contributed by atoms with Gasteiger partial charge in [0.05, 0.1) is 10.1 Å². The second kappa shape index (κ2) is 5.42. The number of hydrogen-bond acceptors (Lipinski definition) is 3. The van der Waals surface area contributed by atoms with Crippen molar-refractivity contribution < 1.29 is 13.2 Å². The first kappa shape index (κ1) is 16.0. The molecule has 3 aliphatic rings. The van der Waals surface area contributed by atoms with Crippen LogP contribution in [0.25, 0.3) is 0 Å². The average molecular weight is 380 g/mol. The van der Waals surface area contributed by atoms with Gasteiger partial charge < -0.3 is 4.74 Å². The van der Waals surface area contributed by atoms with Crippen LogP contribution in [0.5, 0.6) is 5.75 Å². The first-order valence-corrected chi connectivity index (χ1v) is 11.7. The molecule has 0 N–H and O–H groups in total. The summed E-state index contributed by atoms with van der Waals surface area (Å²) in [4.78, 5) is 0.445. The van der Waals surface area contributed by atoms with Gasteiger partial charge in [0.2, 0.25) is 0 Å². The molecule has 2 heterocycles. The molecule has 2 aliphatic heterocycles. The van der Waals surface area contributed by atoms with Crippen LogP contribution in [0.1, 0.15) is 24.5 Å². The number of allylic oxidation sites excluding steroid dienone is 5. The predicted octanol–water partition coefficient (Wildman–Crippen LogP) is 4.86. The van der Waals surface area contributed by atoms with Crippen LogP contribution >= 0.6 is 7.78 Å². The molecule has 0 amide bonds. The Hall–Kier alpha value is -2.16. The van der Waals surface area contributed by atoms with Crippen LogP contribution in [0.4, 0.5) is 0 Å². The molecule has 0 radical (unpaired) electrons. The minimum atomic E-state index is -3.35. The molecule has 0 bridgehead atoms. The highest BCUT2D eigenvalue weighted by molar-refractivity contribution is 8.44. The van der Waals surface area contributed by atoms with E-state index < -0.39 is 14.6 Å². The highest BCUT2D eigenvalue weighted by atomic mass is 32.8. The third-order valence-electron chi connectivity index (χ3n) is 5.19. The van der Waals surface area contributed by atoms with E-state index in [1.807, 2.05) is 36.4 Å². The number of hydrogen-bond donors (Lipinski definition) is 0. The molecular weight excluding hydrogens is 363 g/mol. The molecule has 26 heavy (non-hydrogen) atoms. The van der Waals surface area contributed by atoms with Gasteiger partial charge in [-0.3, -0.25) is 0 Å². The SMILES string of the molecule is CC1=CC=C2C(=CC1)Oc1ccccc1C21PS(=O)(=O)c2ccccc21. The van der Waals surface area contributed by atoms with Crippen LogP contribution in [0, 0.1) is 0 Å². The smallest absolute Gasteiger partial charge is 0.193 e. The Balaban J connectivity index is 1.93. The Morgan fingerprint density at radius 2 is 1.73 bits per heavy atom. The van der Waals surface area contributed by atoms with E-state index in [1.54, 1.807) is 12.1 Å². The lowest BCUT2D eigenvalue weighted by atomic mass is 9.80. The van der Waals surface area contributed by atoms with Gasteiger partial charge in [-0.2, -0.15) is 0 Å². The van der Waals surface area contributed by atoms with E-state index in [4.69, 9.17) is 4.74 Å². The van der Waals surface area contributed by atoms with E-state index in [2.05, 4.69) is 25.2 Å². The first-order chi connectivity index (χ1) is 12.5. The molecule has 0 aromatic heterocycles. The Morgan fingerprint density at radius 1 is 1.00 bits per heavy atom. The van der Waals surface area contributed by atoms with Crippen LogP contribution in [0.15, 0.2) is 88.6 Å². The summed E-state index contributed by atoms with van der Waals surface area (Å²) in [5.41, 5.74) is 3.96. The summed E-state index contributed by atoms with van der Waals surface area (Å²) in [6.07, 6.45) is 7.00.